The van der Waals surface area contributed by atoms with Crippen molar-refractivity contribution in [3.63, 3.8) is 0 Å². The molecule has 9 heteroatoms. The molecule has 1 aromatic carbocycles. The molecule has 2 aromatic rings. The first-order valence-electron chi connectivity index (χ1n) is 10.3. The fourth-order valence-corrected chi connectivity index (χ4v) is 3.76. The standard InChI is InChI=1S/C22H27ClN4O4/c1-5-31-20(29)17-12-18-19(28)27(16-8-6-7-15(23)11-16)22(4,13-26(18)25-17)21(30)24-10-9-14(2)3/h6-8,11-12,14H,5,9-10,13H2,1-4H3,(H,24,30)/t22-/m0/s1. The number of rotatable bonds is 7. The normalized spacial score (nSPS) is 18.1. The summed E-state index contributed by atoms with van der Waals surface area (Å²) in [4.78, 5) is 40.4. The number of halogens is 1. The third kappa shape index (κ3) is 4.58. The second kappa shape index (κ2) is 9.09. The summed E-state index contributed by atoms with van der Waals surface area (Å²) >= 11 is 6.17. The Balaban J connectivity index is 2.03. The lowest BCUT2D eigenvalue weighted by molar-refractivity contribution is -0.126. The van der Waals surface area contributed by atoms with Gasteiger partial charge in [-0.3, -0.25) is 19.2 Å². The molecular weight excluding hydrogens is 420 g/mol. The SMILES string of the molecule is CCOC(=O)c1cc2n(n1)C[C@@](C)(C(=O)NCCC(C)C)N(c1cccc(Cl)c1)C2=O. The van der Waals surface area contributed by atoms with Crippen molar-refractivity contribution in [1.29, 1.82) is 0 Å². The van der Waals surface area contributed by atoms with Crippen molar-refractivity contribution in [1.82, 2.24) is 15.1 Å². The van der Waals surface area contributed by atoms with Crippen LogP contribution in [0, 0.1) is 5.92 Å². The minimum absolute atomic E-state index is 0.0284. The average molecular weight is 447 g/mol. The molecule has 0 fully saturated rings. The number of anilines is 1. The van der Waals surface area contributed by atoms with Gasteiger partial charge in [0.15, 0.2) is 5.69 Å². The van der Waals surface area contributed by atoms with Crippen LogP contribution in [0.1, 0.15) is 55.1 Å². The smallest absolute Gasteiger partial charge is 0.358 e. The quantitative estimate of drug-likeness (QED) is 0.658. The molecule has 31 heavy (non-hydrogen) atoms. The highest BCUT2D eigenvalue weighted by Crippen LogP contribution is 2.34. The molecule has 0 saturated heterocycles. The van der Waals surface area contributed by atoms with Crippen molar-refractivity contribution in [2.75, 3.05) is 18.1 Å². The second-order valence-electron chi connectivity index (χ2n) is 8.13. The van der Waals surface area contributed by atoms with E-state index in [2.05, 4.69) is 24.3 Å². The number of carbonyl (C=O) groups excluding carboxylic acids is 3. The summed E-state index contributed by atoms with van der Waals surface area (Å²) in [5, 5.41) is 7.63. The van der Waals surface area contributed by atoms with Gasteiger partial charge in [0.05, 0.1) is 13.2 Å². The lowest BCUT2D eigenvalue weighted by Gasteiger charge is -2.43. The molecule has 0 saturated carbocycles. The van der Waals surface area contributed by atoms with Gasteiger partial charge in [0.1, 0.15) is 11.2 Å². The van der Waals surface area contributed by atoms with E-state index < -0.39 is 17.4 Å². The van der Waals surface area contributed by atoms with Crippen LogP contribution in [0.25, 0.3) is 0 Å². The van der Waals surface area contributed by atoms with Gasteiger partial charge >= 0.3 is 5.97 Å². The average Bonchev–Trinajstić information content (AvgIpc) is 3.12. The molecule has 1 aliphatic rings. The molecule has 2 amide bonds. The third-order valence-corrected chi connectivity index (χ3v) is 5.44. The largest absolute Gasteiger partial charge is 0.461 e. The summed E-state index contributed by atoms with van der Waals surface area (Å²) in [6, 6.07) is 8.17. The van der Waals surface area contributed by atoms with Crippen LogP contribution in [-0.4, -0.2) is 46.3 Å². The molecule has 2 heterocycles. The Hall–Kier alpha value is -2.87. The number of nitrogens with zero attached hydrogens (tertiary/aromatic N) is 3. The maximum absolute atomic E-state index is 13.5. The molecule has 0 radical (unpaired) electrons. The van der Waals surface area contributed by atoms with Crippen molar-refractivity contribution in [3.8, 4) is 0 Å². The highest BCUT2D eigenvalue weighted by Gasteiger charge is 2.49. The van der Waals surface area contributed by atoms with Gasteiger partial charge in [-0.25, -0.2) is 4.79 Å². The fraction of sp³-hybridized carbons (Fsp3) is 0.455. The number of carbonyl (C=O) groups is 3. The Kier molecular flexibility index (Phi) is 6.69. The van der Waals surface area contributed by atoms with Crippen LogP contribution in [0.15, 0.2) is 30.3 Å². The highest BCUT2D eigenvalue weighted by molar-refractivity contribution is 6.31. The Morgan fingerprint density at radius 2 is 2.06 bits per heavy atom. The van der Waals surface area contributed by atoms with Crippen molar-refractivity contribution in [2.45, 2.75) is 46.2 Å². The zero-order valence-electron chi connectivity index (χ0n) is 18.1. The zero-order chi connectivity index (χ0) is 22.8. The topological polar surface area (TPSA) is 93.5 Å². The molecule has 8 nitrogen and oxygen atoms in total. The monoisotopic (exact) mass is 446 g/mol. The van der Waals surface area contributed by atoms with Gasteiger partial charge < -0.3 is 10.1 Å². The van der Waals surface area contributed by atoms with Crippen molar-refractivity contribution in [3.05, 3.63) is 46.7 Å². The number of benzene rings is 1. The van der Waals surface area contributed by atoms with E-state index in [1.165, 1.54) is 15.6 Å². The molecule has 0 aliphatic carbocycles. The van der Waals surface area contributed by atoms with E-state index in [-0.39, 0.29) is 30.4 Å². The molecule has 1 aromatic heterocycles. The Bertz CT molecular complexity index is 1000. The minimum Gasteiger partial charge on any atom is -0.461 e. The van der Waals surface area contributed by atoms with Crippen LogP contribution >= 0.6 is 11.6 Å². The molecule has 1 aliphatic heterocycles. The van der Waals surface area contributed by atoms with Crippen LogP contribution in [-0.2, 0) is 16.1 Å². The summed E-state index contributed by atoms with van der Waals surface area (Å²) in [6.07, 6.45) is 0.812. The van der Waals surface area contributed by atoms with Gasteiger partial charge in [0.25, 0.3) is 5.91 Å². The number of amides is 2. The predicted molar refractivity (Wildman–Crippen MR) is 117 cm³/mol. The van der Waals surface area contributed by atoms with E-state index in [0.29, 0.717) is 23.2 Å². The number of nitrogens with one attached hydrogen (secondary N) is 1. The molecule has 3 rings (SSSR count). The van der Waals surface area contributed by atoms with E-state index in [0.717, 1.165) is 6.42 Å². The second-order valence-corrected chi connectivity index (χ2v) is 8.56. The van der Waals surface area contributed by atoms with Crippen LogP contribution in [0.4, 0.5) is 5.69 Å². The molecule has 0 bridgehead atoms. The van der Waals surface area contributed by atoms with Gasteiger partial charge in [-0.15, -0.1) is 0 Å². The van der Waals surface area contributed by atoms with Crippen molar-refractivity contribution >= 4 is 35.1 Å². The Labute approximate surface area is 186 Å². The number of hydrogen-bond donors (Lipinski definition) is 1. The molecule has 1 atom stereocenters. The predicted octanol–water partition coefficient (Wildman–Crippen LogP) is 3.29. The molecule has 1 N–H and O–H groups in total. The molecule has 0 unspecified atom stereocenters. The minimum atomic E-state index is -1.27. The van der Waals surface area contributed by atoms with Gasteiger partial charge in [0.2, 0.25) is 5.91 Å². The summed E-state index contributed by atoms with van der Waals surface area (Å²) in [6.45, 7) is 8.28. The number of ether oxygens (including phenoxy) is 1. The van der Waals surface area contributed by atoms with Crippen LogP contribution in [0.3, 0.4) is 0 Å². The fourth-order valence-electron chi connectivity index (χ4n) is 3.57. The lowest BCUT2D eigenvalue weighted by atomic mass is 9.93. The maximum atomic E-state index is 13.5. The molecule has 0 spiro atoms. The summed E-state index contributed by atoms with van der Waals surface area (Å²) in [5.41, 5.74) is -0.552. The van der Waals surface area contributed by atoms with Crippen LogP contribution < -0.4 is 10.2 Å². The summed E-state index contributed by atoms with van der Waals surface area (Å²) < 4.78 is 6.41. The van der Waals surface area contributed by atoms with Gasteiger partial charge in [-0.2, -0.15) is 5.10 Å². The van der Waals surface area contributed by atoms with E-state index in [1.54, 1.807) is 38.1 Å². The maximum Gasteiger partial charge on any atom is 0.358 e. The first kappa shape index (κ1) is 22.8. The van der Waals surface area contributed by atoms with Gasteiger partial charge in [-0.1, -0.05) is 31.5 Å². The number of aromatic nitrogens is 2. The molecular formula is C22H27ClN4O4. The summed E-state index contributed by atoms with van der Waals surface area (Å²) in [7, 11) is 0. The first-order chi connectivity index (χ1) is 14.7. The Morgan fingerprint density at radius 1 is 1.32 bits per heavy atom. The van der Waals surface area contributed by atoms with E-state index in [4.69, 9.17) is 16.3 Å². The van der Waals surface area contributed by atoms with Crippen molar-refractivity contribution in [2.24, 2.45) is 5.92 Å². The van der Waals surface area contributed by atoms with E-state index in [9.17, 15) is 14.4 Å². The third-order valence-electron chi connectivity index (χ3n) is 5.20. The number of hydrogen-bond acceptors (Lipinski definition) is 5. The zero-order valence-corrected chi connectivity index (χ0v) is 18.9. The van der Waals surface area contributed by atoms with Gasteiger partial charge in [-0.05, 0) is 44.4 Å². The van der Waals surface area contributed by atoms with Gasteiger partial charge in [0, 0.05) is 23.3 Å². The van der Waals surface area contributed by atoms with E-state index >= 15 is 0 Å². The van der Waals surface area contributed by atoms with Crippen LogP contribution in [0.2, 0.25) is 5.02 Å². The van der Waals surface area contributed by atoms with Crippen LogP contribution in [0.5, 0.6) is 0 Å². The lowest BCUT2D eigenvalue weighted by Crippen LogP contribution is -2.64. The van der Waals surface area contributed by atoms with E-state index in [1.807, 2.05) is 0 Å². The number of fused-ring (bicyclic) bond motifs is 1. The number of esters is 1. The highest BCUT2D eigenvalue weighted by atomic mass is 35.5. The Morgan fingerprint density at radius 3 is 2.71 bits per heavy atom. The summed E-state index contributed by atoms with van der Waals surface area (Å²) in [5.74, 6) is -0.942. The first-order valence-corrected chi connectivity index (χ1v) is 10.7. The molecule has 166 valence electrons. The van der Waals surface area contributed by atoms with Crippen molar-refractivity contribution < 1.29 is 19.1 Å².